The summed E-state index contributed by atoms with van der Waals surface area (Å²) in [6.07, 6.45) is 1.70. The molecule has 0 saturated heterocycles. The van der Waals surface area contributed by atoms with Crippen LogP contribution in [0.2, 0.25) is 15.1 Å². The van der Waals surface area contributed by atoms with Crippen molar-refractivity contribution in [3.63, 3.8) is 0 Å². The number of carbonyl (C=O) groups excluding carboxylic acids is 1. The molecule has 0 bridgehead atoms. The van der Waals surface area contributed by atoms with Crippen LogP contribution in [0, 0.1) is 0 Å². The topological polar surface area (TPSA) is 59.3 Å². The maximum Gasteiger partial charge on any atom is 0.335 e. The predicted octanol–water partition coefficient (Wildman–Crippen LogP) is 6.52. The summed E-state index contributed by atoms with van der Waals surface area (Å²) in [6.45, 7) is 0. The Morgan fingerprint density at radius 3 is 2.10 bits per heavy atom. The Balaban J connectivity index is 1.89. The summed E-state index contributed by atoms with van der Waals surface area (Å²) in [5.41, 5.74) is 2.30. The minimum Gasteiger partial charge on any atom is -0.478 e. The van der Waals surface area contributed by atoms with E-state index in [1.807, 2.05) is 28.8 Å². The zero-order chi connectivity index (χ0) is 20.7. The number of aromatic nitrogens is 1. The molecule has 0 aliphatic heterocycles. The average Bonchev–Trinajstić information content (AvgIpc) is 3.07. The number of para-hydroxylation sites is 1. The zero-order valence-electron chi connectivity index (χ0n) is 14.7. The number of aromatic carboxylic acids is 1. The van der Waals surface area contributed by atoms with Gasteiger partial charge >= 0.3 is 5.97 Å². The van der Waals surface area contributed by atoms with E-state index in [9.17, 15) is 9.59 Å². The van der Waals surface area contributed by atoms with Gasteiger partial charge in [-0.25, -0.2) is 4.79 Å². The number of fused-ring (bicyclic) bond motifs is 1. The van der Waals surface area contributed by atoms with Crippen LogP contribution in [0.4, 0.5) is 0 Å². The highest BCUT2D eigenvalue weighted by atomic mass is 35.5. The Kier molecular flexibility index (Phi) is 5.09. The molecule has 1 aromatic heterocycles. The van der Waals surface area contributed by atoms with Crippen LogP contribution >= 0.6 is 34.8 Å². The summed E-state index contributed by atoms with van der Waals surface area (Å²) in [5.74, 6) is -1.33. The molecule has 29 heavy (non-hydrogen) atoms. The van der Waals surface area contributed by atoms with E-state index in [1.165, 1.54) is 24.3 Å². The first-order chi connectivity index (χ1) is 13.9. The Bertz CT molecular complexity index is 1250. The lowest BCUT2D eigenvalue weighted by molar-refractivity contribution is 0.0696. The first-order valence-electron chi connectivity index (χ1n) is 8.50. The highest BCUT2D eigenvalue weighted by Gasteiger charge is 2.22. The second-order valence-corrected chi connectivity index (χ2v) is 7.61. The quantitative estimate of drug-likeness (QED) is 0.364. The van der Waals surface area contributed by atoms with Crippen LogP contribution in [0.1, 0.15) is 26.3 Å². The van der Waals surface area contributed by atoms with Crippen LogP contribution in [-0.2, 0) is 0 Å². The van der Waals surface area contributed by atoms with Crippen molar-refractivity contribution in [2.24, 2.45) is 0 Å². The Morgan fingerprint density at radius 2 is 1.48 bits per heavy atom. The normalized spacial score (nSPS) is 11.0. The van der Waals surface area contributed by atoms with Gasteiger partial charge in [0.2, 0.25) is 0 Å². The summed E-state index contributed by atoms with van der Waals surface area (Å²) in [6, 6.07) is 16.8. The van der Waals surface area contributed by atoms with Gasteiger partial charge in [-0.3, -0.25) is 4.79 Å². The second-order valence-electron chi connectivity index (χ2n) is 6.36. The molecule has 144 valence electrons. The maximum absolute atomic E-state index is 13.3. The third-order valence-corrected chi connectivity index (χ3v) is 5.40. The molecule has 4 rings (SSSR count). The molecule has 3 aromatic carbocycles. The lowest BCUT2D eigenvalue weighted by Gasteiger charge is -2.06. The number of ketones is 1. The van der Waals surface area contributed by atoms with E-state index >= 15 is 0 Å². The molecule has 0 aliphatic rings. The average molecular weight is 445 g/mol. The van der Waals surface area contributed by atoms with Gasteiger partial charge in [0.1, 0.15) is 0 Å². The third-order valence-electron chi connectivity index (χ3n) is 4.58. The second kappa shape index (κ2) is 7.56. The number of carboxylic acid groups (broad SMARTS) is 1. The van der Waals surface area contributed by atoms with Gasteiger partial charge in [-0.1, -0.05) is 53.0 Å². The lowest BCUT2D eigenvalue weighted by Crippen LogP contribution is -2.03. The number of benzene rings is 3. The monoisotopic (exact) mass is 443 g/mol. The van der Waals surface area contributed by atoms with E-state index < -0.39 is 5.97 Å². The molecule has 0 amide bonds. The number of hydrogen-bond donors (Lipinski definition) is 1. The van der Waals surface area contributed by atoms with Crippen molar-refractivity contribution >= 4 is 57.5 Å². The fraction of sp³-hybridized carbons (Fsp3) is 0. The van der Waals surface area contributed by atoms with E-state index in [-0.39, 0.29) is 27.0 Å². The number of rotatable bonds is 4. The first-order valence-corrected chi connectivity index (χ1v) is 9.63. The summed E-state index contributed by atoms with van der Waals surface area (Å²) in [4.78, 5) is 24.4. The van der Waals surface area contributed by atoms with Crippen molar-refractivity contribution in [1.29, 1.82) is 0 Å². The highest BCUT2D eigenvalue weighted by Crippen LogP contribution is 2.34. The van der Waals surface area contributed by atoms with E-state index in [1.54, 1.807) is 18.3 Å². The van der Waals surface area contributed by atoms with Crippen molar-refractivity contribution in [3.8, 4) is 5.69 Å². The van der Waals surface area contributed by atoms with Gasteiger partial charge < -0.3 is 9.67 Å². The fourth-order valence-electron chi connectivity index (χ4n) is 3.23. The van der Waals surface area contributed by atoms with Gasteiger partial charge in [0.15, 0.2) is 5.78 Å². The maximum atomic E-state index is 13.3. The number of nitrogens with zero attached hydrogens (tertiary/aromatic N) is 1. The Labute approximate surface area is 180 Å². The standard InChI is InChI=1S/C22H12Cl3NO3/c23-13-9-17(24)20(18(25)10-13)21(27)16-11-26(19-4-2-1-3-15(16)19)14-7-5-12(6-8-14)22(28)29/h1-11H,(H,28,29). The van der Waals surface area contributed by atoms with Gasteiger partial charge in [0.25, 0.3) is 0 Å². The summed E-state index contributed by atoms with van der Waals surface area (Å²) in [5, 5.41) is 10.5. The van der Waals surface area contributed by atoms with Crippen LogP contribution in [0.25, 0.3) is 16.6 Å². The number of carboxylic acids is 1. The molecule has 0 fully saturated rings. The molecule has 0 atom stereocenters. The number of hydrogen-bond acceptors (Lipinski definition) is 2. The van der Waals surface area contributed by atoms with Crippen LogP contribution in [0.3, 0.4) is 0 Å². The minimum atomic E-state index is -1.00. The third kappa shape index (κ3) is 3.51. The van der Waals surface area contributed by atoms with Gasteiger partial charge in [0, 0.05) is 27.9 Å². The molecular weight excluding hydrogens is 433 g/mol. The van der Waals surface area contributed by atoms with Crippen LogP contribution in [-0.4, -0.2) is 21.4 Å². The summed E-state index contributed by atoms with van der Waals surface area (Å²) in [7, 11) is 0. The number of halogens is 3. The fourth-order valence-corrected chi connectivity index (χ4v) is 4.22. The van der Waals surface area contributed by atoms with E-state index in [4.69, 9.17) is 39.9 Å². The molecule has 0 unspecified atom stereocenters. The molecule has 1 N–H and O–H groups in total. The largest absolute Gasteiger partial charge is 0.478 e. The van der Waals surface area contributed by atoms with Crippen LogP contribution < -0.4 is 0 Å². The van der Waals surface area contributed by atoms with Gasteiger partial charge in [-0.05, 0) is 42.5 Å². The summed E-state index contributed by atoms with van der Waals surface area (Å²) < 4.78 is 1.83. The van der Waals surface area contributed by atoms with Crippen molar-refractivity contribution in [3.05, 3.63) is 98.6 Å². The number of carbonyl (C=O) groups is 2. The van der Waals surface area contributed by atoms with Gasteiger partial charge in [0.05, 0.1) is 26.7 Å². The molecule has 0 aliphatic carbocycles. The van der Waals surface area contributed by atoms with Crippen molar-refractivity contribution in [1.82, 2.24) is 4.57 Å². The lowest BCUT2D eigenvalue weighted by atomic mass is 10.0. The van der Waals surface area contributed by atoms with Crippen molar-refractivity contribution in [2.75, 3.05) is 0 Å². The zero-order valence-corrected chi connectivity index (χ0v) is 17.0. The van der Waals surface area contributed by atoms with E-state index in [0.717, 1.165) is 16.6 Å². The SMILES string of the molecule is O=C(O)c1ccc(-n2cc(C(=O)c3c(Cl)cc(Cl)cc3Cl)c3ccccc32)cc1. The van der Waals surface area contributed by atoms with Crippen molar-refractivity contribution < 1.29 is 14.7 Å². The van der Waals surface area contributed by atoms with E-state index in [0.29, 0.717) is 10.6 Å². The molecule has 0 radical (unpaired) electrons. The summed E-state index contributed by atoms with van der Waals surface area (Å²) >= 11 is 18.5. The van der Waals surface area contributed by atoms with Crippen LogP contribution in [0.15, 0.2) is 66.9 Å². The first kappa shape index (κ1) is 19.5. The molecule has 1 heterocycles. The van der Waals surface area contributed by atoms with Gasteiger partial charge in [-0.15, -0.1) is 0 Å². The smallest absolute Gasteiger partial charge is 0.335 e. The molecular formula is C22H12Cl3NO3. The minimum absolute atomic E-state index is 0.176. The van der Waals surface area contributed by atoms with Gasteiger partial charge in [-0.2, -0.15) is 0 Å². The van der Waals surface area contributed by atoms with Crippen LogP contribution in [0.5, 0.6) is 0 Å². The molecule has 0 saturated carbocycles. The molecule has 4 aromatic rings. The molecule has 7 heteroatoms. The van der Waals surface area contributed by atoms with Crippen molar-refractivity contribution in [2.45, 2.75) is 0 Å². The molecule has 0 spiro atoms. The highest BCUT2D eigenvalue weighted by molar-refractivity contribution is 6.43. The Hall–Kier alpha value is -2.79. The Morgan fingerprint density at radius 1 is 0.862 bits per heavy atom. The predicted molar refractivity (Wildman–Crippen MR) is 115 cm³/mol. The molecule has 4 nitrogen and oxygen atoms in total. The van der Waals surface area contributed by atoms with E-state index in [2.05, 4.69) is 0 Å².